The molecule has 1 heterocycles. The Hall–Kier alpha value is -2.18. The van der Waals surface area contributed by atoms with Gasteiger partial charge in [0, 0.05) is 18.9 Å². The fraction of sp³-hybridized carbons (Fsp3) is 0.333. The Morgan fingerprint density at radius 3 is 2.76 bits per heavy atom. The second-order valence-electron chi connectivity index (χ2n) is 5.09. The summed E-state index contributed by atoms with van der Waals surface area (Å²) in [6, 6.07) is 8.23. The summed E-state index contributed by atoms with van der Waals surface area (Å²) in [6.45, 7) is 0.342. The second kappa shape index (κ2) is 6.07. The van der Waals surface area contributed by atoms with Crippen LogP contribution in [0.25, 0.3) is 0 Å². The largest absolute Gasteiger partial charge is 0.377 e. The number of ether oxygens (including phenoxy) is 1. The standard InChI is InChI=1S/C15H19N5O/c1-21-9-15-18-13(8-14(19-15)20-16)17-12-6-5-10-3-2-4-11(10)7-12/h5-8H,2-4,9,16H2,1H3,(H2,17,18,19,20). The van der Waals surface area contributed by atoms with Crippen molar-refractivity contribution in [1.82, 2.24) is 9.97 Å². The number of rotatable bonds is 5. The summed E-state index contributed by atoms with van der Waals surface area (Å²) in [5.41, 5.74) is 6.45. The van der Waals surface area contributed by atoms with E-state index >= 15 is 0 Å². The molecule has 1 aliphatic carbocycles. The molecule has 0 aliphatic heterocycles. The average Bonchev–Trinajstić information content (AvgIpc) is 2.95. The topological polar surface area (TPSA) is 85.1 Å². The molecule has 1 aromatic heterocycles. The van der Waals surface area contributed by atoms with Crippen LogP contribution in [-0.4, -0.2) is 17.1 Å². The number of aryl methyl sites for hydroxylation is 2. The molecule has 6 heteroatoms. The highest BCUT2D eigenvalue weighted by molar-refractivity contribution is 5.61. The van der Waals surface area contributed by atoms with Crippen LogP contribution < -0.4 is 16.6 Å². The Bertz CT molecular complexity index is 644. The normalized spacial score (nSPS) is 13.0. The van der Waals surface area contributed by atoms with Crippen molar-refractivity contribution in [3.8, 4) is 0 Å². The number of anilines is 3. The van der Waals surface area contributed by atoms with Crippen molar-refractivity contribution < 1.29 is 4.74 Å². The highest BCUT2D eigenvalue weighted by Crippen LogP contribution is 2.26. The Morgan fingerprint density at radius 2 is 1.95 bits per heavy atom. The van der Waals surface area contributed by atoms with E-state index in [1.165, 1.54) is 24.0 Å². The summed E-state index contributed by atoms with van der Waals surface area (Å²) < 4.78 is 5.07. The van der Waals surface area contributed by atoms with Crippen molar-refractivity contribution in [3.05, 3.63) is 41.2 Å². The maximum Gasteiger partial charge on any atom is 0.158 e. The number of hydrogen-bond acceptors (Lipinski definition) is 6. The Balaban J connectivity index is 1.85. The van der Waals surface area contributed by atoms with Gasteiger partial charge in [0.25, 0.3) is 0 Å². The van der Waals surface area contributed by atoms with Gasteiger partial charge >= 0.3 is 0 Å². The number of hydrogen-bond donors (Lipinski definition) is 3. The minimum atomic E-state index is 0.342. The summed E-state index contributed by atoms with van der Waals surface area (Å²) in [5, 5.41) is 3.30. The molecule has 3 rings (SSSR count). The highest BCUT2D eigenvalue weighted by atomic mass is 16.5. The fourth-order valence-electron chi connectivity index (χ4n) is 2.63. The molecule has 1 aromatic carbocycles. The molecule has 4 N–H and O–H groups in total. The molecule has 6 nitrogen and oxygen atoms in total. The fourth-order valence-corrected chi connectivity index (χ4v) is 2.63. The third-order valence-corrected chi connectivity index (χ3v) is 3.56. The minimum absolute atomic E-state index is 0.342. The number of nitrogens with two attached hydrogens (primary N) is 1. The zero-order valence-corrected chi connectivity index (χ0v) is 12.0. The van der Waals surface area contributed by atoms with E-state index in [1.54, 1.807) is 13.2 Å². The molecule has 0 spiro atoms. The van der Waals surface area contributed by atoms with E-state index in [1.807, 2.05) is 0 Å². The lowest BCUT2D eigenvalue weighted by molar-refractivity contribution is 0.178. The van der Waals surface area contributed by atoms with Crippen LogP contribution in [0.2, 0.25) is 0 Å². The van der Waals surface area contributed by atoms with Crippen molar-refractivity contribution in [2.75, 3.05) is 17.9 Å². The summed E-state index contributed by atoms with van der Waals surface area (Å²) in [4.78, 5) is 8.65. The maximum absolute atomic E-state index is 5.44. The van der Waals surface area contributed by atoms with Crippen molar-refractivity contribution in [2.24, 2.45) is 5.84 Å². The second-order valence-corrected chi connectivity index (χ2v) is 5.09. The molecule has 0 unspecified atom stereocenters. The summed E-state index contributed by atoms with van der Waals surface area (Å²) >= 11 is 0. The van der Waals surface area contributed by atoms with Crippen LogP contribution in [0.3, 0.4) is 0 Å². The molecule has 21 heavy (non-hydrogen) atoms. The zero-order valence-electron chi connectivity index (χ0n) is 12.0. The van der Waals surface area contributed by atoms with Crippen LogP contribution in [0, 0.1) is 0 Å². The molecule has 2 aromatic rings. The van der Waals surface area contributed by atoms with E-state index in [0.29, 0.717) is 24.1 Å². The Kier molecular flexibility index (Phi) is 3.98. The van der Waals surface area contributed by atoms with Crippen molar-refractivity contribution in [2.45, 2.75) is 25.9 Å². The highest BCUT2D eigenvalue weighted by Gasteiger charge is 2.11. The van der Waals surface area contributed by atoms with E-state index in [4.69, 9.17) is 10.6 Å². The van der Waals surface area contributed by atoms with E-state index in [-0.39, 0.29) is 0 Å². The number of nitrogens with one attached hydrogen (secondary N) is 2. The van der Waals surface area contributed by atoms with Crippen molar-refractivity contribution >= 4 is 17.3 Å². The zero-order chi connectivity index (χ0) is 14.7. The van der Waals surface area contributed by atoms with Gasteiger partial charge < -0.3 is 15.5 Å². The molecule has 0 atom stereocenters. The molecule has 0 saturated heterocycles. The number of hydrazine groups is 1. The van der Waals surface area contributed by atoms with Crippen molar-refractivity contribution in [3.63, 3.8) is 0 Å². The molecule has 0 bridgehead atoms. The SMILES string of the molecule is COCc1nc(NN)cc(Nc2ccc3c(c2)CCC3)n1. The number of methoxy groups -OCH3 is 1. The van der Waals surface area contributed by atoms with E-state index in [2.05, 4.69) is 38.9 Å². The van der Waals surface area contributed by atoms with Crippen LogP contribution in [-0.2, 0) is 24.2 Å². The lowest BCUT2D eigenvalue weighted by atomic mass is 10.1. The first-order chi connectivity index (χ1) is 10.3. The minimum Gasteiger partial charge on any atom is -0.377 e. The molecule has 0 fully saturated rings. The number of nitrogen functional groups attached to an aromatic ring is 1. The number of nitrogens with zero attached hydrogens (tertiary/aromatic N) is 2. The average molecular weight is 285 g/mol. The quantitative estimate of drug-likeness (QED) is 0.576. The van der Waals surface area contributed by atoms with Gasteiger partial charge in [0.15, 0.2) is 5.82 Å². The van der Waals surface area contributed by atoms with E-state index in [9.17, 15) is 0 Å². The predicted octanol–water partition coefficient (Wildman–Crippen LogP) is 2.14. The molecule has 1 aliphatic rings. The number of aromatic nitrogens is 2. The number of benzene rings is 1. The first kappa shape index (κ1) is 13.8. The van der Waals surface area contributed by atoms with Gasteiger partial charge in [-0.25, -0.2) is 15.8 Å². The molecular weight excluding hydrogens is 266 g/mol. The summed E-state index contributed by atoms with van der Waals surface area (Å²) in [5.74, 6) is 7.28. The Morgan fingerprint density at radius 1 is 1.14 bits per heavy atom. The van der Waals surface area contributed by atoms with Gasteiger partial charge in [-0.3, -0.25) is 0 Å². The molecule has 0 amide bonds. The van der Waals surface area contributed by atoms with Gasteiger partial charge in [-0.1, -0.05) is 6.07 Å². The first-order valence-corrected chi connectivity index (χ1v) is 7.01. The van der Waals surface area contributed by atoms with Gasteiger partial charge in [0.2, 0.25) is 0 Å². The van der Waals surface area contributed by atoms with Crippen LogP contribution in [0.1, 0.15) is 23.4 Å². The lowest BCUT2D eigenvalue weighted by Gasteiger charge is -2.10. The third-order valence-electron chi connectivity index (χ3n) is 3.56. The smallest absolute Gasteiger partial charge is 0.158 e. The molecular formula is C15H19N5O. The molecule has 0 radical (unpaired) electrons. The summed E-state index contributed by atoms with van der Waals surface area (Å²) in [7, 11) is 1.61. The van der Waals surface area contributed by atoms with Gasteiger partial charge in [-0.15, -0.1) is 0 Å². The van der Waals surface area contributed by atoms with Gasteiger partial charge in [-0.05, 0) is 42.5 Å². The first-order valence-electron chi connectivity index (χ1n) is 7.01. The van der Waals surface area contributed by atoms with Crippen LogP contribution in [0.4, 0.5) is 17.3 Å². The maximum atomic E-state index is 5.44. The van der Waals surface area contributed by atoms with Crippen LogP contribution >= 0.6 is 0 Å². The Labute approximate surface area is 123 Å². The summed E-state index contributed by atoms with van der Waals surface area (Å²) in [6.07, 6.45) is 3.58. The van der Waals surface area contributed by atoms with Crippen LogP contribution in [0.15, 0.2) is 24.3 Å². The van der Waals surface area contributed by atoms with E-state index in [0.717, 1.165) is 12.1 Å². The molecule has 0 saturated carbocycles. The van der Waals surface area contributed by atoms with Gasteiger partial charge in [0.05, 0.1) is 0 Å². The third kappa shape index (κ3) is 3.12. The predicted molar refractivity (Wildman–Crippen MR) is 82.3 cm³/mol. The monoisotopic (exact) mass is 285 g/mol. The molecule has 110 valence electrons. The lowest BCUT2D eigenvalue weighted by Crippen LogP contribution is -2.11. The number of fused-ring (bicyclic) bond motifs is 1. The van der Waals surface area contributed by atoms with Gasteiger partial charge in [-0.2, -0.15) is 0 Å². The van der Waals surface area contributed by atoms with Crippen molar-refractivity contribution in [1.29, 1.82) is 0 Å². The van der Waals surface area contributed by atoms with Gasteiger partial charge in [0.1, 0.15) is 18.2 Å². The van der Waals surface area contributed by atoms with Crippen LogP contribution in [0.5, 0.6) is 0 Å². The van der Waals surface area contributed by atoms with E-state index < -0.39 is 0 Å².